The summed E-state index contributed by atoms with van der Waals surface area (Å²) in [5, 5.41) is 4.00. The standard InChI is InChI=1S/C15H19Cl2FN2.ClH/c16-11-3-4-12(17)15(18)14(11)13(9-10-1-2-10)20-7-5-19-6-8-20;/h3-4,10,13,19H,1-2,5-9H2;1H/t13-;/m1./s1. The van der Waals surface area contributed by atoms with Gasteiger partial charge < -0.3 is 5.32 Å². The molecule has 1 N–H and O–H groups in total. The fourth-order valence-corrected chi connectivity index (χ4v) is 3.40. The van der Waals surface area contributed by atoms with E-state index in [2.05, 4.69) is 10.2 Å². The molecule has 1 heterocycles. The minimum atomic E-state index is -0.344. The van der Waals surface area contributed by atoms with Crippen molar-refractivity contribution in [2.75, 3.05) is 26.2 Å². The van der Waals surface area contributed by atoms with Crippen LogP contribution in [0.4, 0.5) is 4.39 Å². The molecule has 0 bridgehead atoms. The SMILES string of the molecule is Cl.Fc1c(Cl)ccc(Cl)c1[C@@H](CC1CC1)N1CCNCC1. The Morgan fingerprint density at radius 1 is 1.19 bits per heavy atom. The van der Waals surface area contributed by atoms with E-state index in [0.717, 1.165) is 32.6 Å². The van der Waals surface area contributed by atoms with Crippen molar-refractivity contribution in [1.82, 2.24) is 10.2 Å². The van der Waals surface area contributed by atoms with Crippen LogP contribution in [0, 0.1) is 11.7 Å². The van der Waals surface area contributed by atoms with Gasteiger partial charge >= 0.3 is 0 Å². The third-order valence-electron chi connectivity index (χ3n) is 4.26. The molecule has 1 aromatic rings. The van der Waals surface area contributed by atoms with Gasteiger partial charge in [-0.25, -0.2) is 4.39 Å². The van der Waals surface area contributed by atoms with Gasteiger partial charge in [0.2, 0.25) is 0 Å². The van der Waals surface area contributed by atoms with E-state index in [9.17, 15) is 4.39 Å². The molecule has 0 radical (unpaired) electrons. The fourth-order valence-electron chi connectivity index (χ4n) is 2.96. The summed E-state index contributed by atoms with van der Waals surface area (Å²) in [6, 6.07) is 3.30. The second-order valence-corrected chi connectivity index (χ2v) is 6.55. The third-order valence-corrected chi connectivity index (χ3v) is 4.88. The minimum absolute atomic E-state index is 0. The summed E-state index contributed by atoms with van der Waals surface area (Å²) in [5.41, 5.74) is 0.591. The van der Waals surface area contributed by atoms with Crippen LogP contribution in [-0.4, -0.2) is 31.1 Å². The lowest BCUT2D eigenvalue weighted by atomic mass is 9.98. The minimum Gasteiger partial charge on any atom is -0.314 e. The zero-order valence-electron chi connectivity index (χ0n) is 11.7. The molecule has 1 aromatic carbocycles. The van der Waals surface area contributed by atoms with Crippen molar-refractivity contribution >= 4 is 35.6 Å². The second-order valence-electron chi connectivity index (χ2n) is 5.74. The predicted molar refractivity (Wildman–Crippen MR) is 88.2 cm³/mol. The van der Waals surface area contributed by atoms with E-state index >= 15 is 0 Å². The van der Waals surface area contributed by atoms with Crippen molar-refractivity contribution in [2.45, 2.75) is 25.3 Å². The first-order valence-corrected chi connectivity index (χ1v) is 8.00. The van der Waals surface area contributed by atoms with Crippen molar-refractivity contribution in [3.05, 3.63) is 33.6 Å². The maximum absolute atomic E-state index is 14.5. The van der Waals surface area contributed by atoms with Gasteiger partial charge in [0.15, 0.2) is 0 Å². The largest absolute Gasteiger partial charge is 0.314 e. The number of halogens is 4. The number of hydrogen-bond acceptors (Lipinski definition) is 2. The van der Waals surface area contributed by atoms with Crippen molar-refractivity contribution in [2.24, 2.45) is 5.92 Å². The summed E-state index contributed by atoms with van der Waals surface area (Å²) < 4.78 is 14.5. The molecule has 0 aromatic heterocycles. The van der Waals surface area contributed by atoms with E-state index in [-0.39, 0.29) is 29.3 Å². The Morgan fingerprint density at radius 3 is 2.43 bits per heavy atom. The Hall–Kier alpha value is -0.0600. The number of piperazine rings is 1. The zero-order chi connectivity index (χ0) is 14.1. The molecule has 118 valence electrons. The topological polar surface area (TPSA) is 15.3 Å². The predicted octanol–water partition coefficient (Wildman–Crippen LogP) is 4.30. The summed E-state index contributed by atoms with van der Waals surface area (Å²) in [5.74, 6) is 0.368. The molecule has 6 heteroatoms. The van der Waals surface area contributed by atoms with Crippen LogP contribution >= 0.6 is 35.6 Å². The Balaban J connectivity index is 0.00000161. The van der Waals surface area contributed by atoms with Crippen LogP contribution in [-0.2, 0) is 0 Å². The Labute approximate surface area is 141 Å². The Bertz CT molecular complexity index is 488. The van der Waals surface area contributed by atoms with Gasteiger partial charge in [-0.2, -0.15) is 0 Å². The molecule has 1 aliphatic heterocycles. The average Bonchev–Trinajstić information content (AvgIpc) is 3.27. The quantitative estimate of drug-likeness (QED) is 0.812. The normalized spacial score (nSPS) is 20.9. The summed E-state index contributed by atoms with van der Waals surface area (Å²) in [6.07, 6.45) is 3.49. The van der Waals surface area contributed by atoms with E-state index in [0.29, 0.717) is 16.5 Å². The highest BCUT2D eigenvalue weighted by atomic mass is 35.5. The first kappa shape index (κ1) is 17.3. The van der Waals surface area contributed by atoms with Crippen LogP contribution in [0.15, 0.2) is 12.1 Å². The maximum Gasteiger partial charge on any atom is 0.148 e. The van der Waals surface area contributed by atoms with Crippen LogP contribution in [0.2, 0.25) is 10.0 Å². The van der Waals surface area contributed by atoms with Gasteiger partial charge in [0.1, 0.15) is 5.82 Å². The molecular formula is C15H20Cl3FN2. The summed E-state index contributed by atoms with van der Waals surface area (Å²) in [4.78, 5) is 2.34. The van der Waals surface area contributed by atoms with E-state index in [1.54, 1.807) is 6.07 Å². The Kier molecular flexibility index (Phi) is 6.15. The summed E-state index contributed by atoms with van der Waals surface area (Å²) >= 11 is 12.2. The molecule has 1 saturated carbocycles. The van der Waals surface area contributed by atoms with Crippen LogP contribution in [0.3, 0.4) is 0 Å². The molecule has 0 spiro atoms. The van der Waals surface area contributed by atoms with Crippen molar-refractivity contribution in [3.63, 3.8) is 0 Å². The van der Waals surface area contributed by atoms with Crippen LogP contribution < -0.4 is 5.32 Å². The number of nitrogens with zero attached hydrogens (tertiary/aromatic N) is 1. The molecule has 1 saturated heterocycles. The number of benzene rings is 1. The van der Waals surface area contributed by atoms with E-state index in [4.69, 9.17) is 23.2 Å². The fraction of sp³-hybridized carbons (Fsp3) is 0.600. The highest BCUT2D eigenvalue weighted by molar-refractivity contribution is 6.33. The molecule has 0 amide bonds. The van der Waals surface area contributed by atoms with Gasteiger partial charge in [-0.1, -0.05) is 36.0 Å². The van der Waals surface area contributed by atoms with Gasteiger partial charge in [0, 0.05) is 42.8 Å². The zero-order valence-corrected chi connectivity index (χ0v) is 14.1. The second kappa shape index (κ2) is 7.47. The molecule has 1 atom stereocenters. The molecule has 0 unspecified atom stereocenters. The molecular weight excluding hydrogens is 334 g/mol. The van der Waals surface area contributed by atoms with Crippen molar-refractivity contribution in [3.8, 4) is 0 Å². The van der Waals surface area contributed by atoms with Crippen LogP contribution in [0.1, 0.15) is 30.9 Å². The number of rotatable bonds is 4. The van der Waals surface area contributed by atoms with Gasteiger partial charge in [-0.15, -0.1) is 12.4 Å². The van der Waals surface area contributed by atoms with Gasteiger partial charge in [-0.3, -0.25) is 4.90 Å². The lowest BCUT2D eigenvalue weighted by molar-refractivity contribution is 0.157. The first-order chi connectivity index (χ1) is 9.66. The van der Waals surface area contributed by atoms with Crippen LogP contribution in [0.25, 0.3) is 0 Å². The first-order valence-electron chi connectivity index (χ1n) is 7.25. The van der Waals surface area contributed by atoms with Gasteiger partial charge in [0.25, 0.3) is 0 Å². The molecule has 21 heavy (non-hydrogen) atoms. The van der Waals surface area contributed by atoms with Crippen molar-refractivity contribution in [1.29, 1.82) is 0 Å². The monoisotopic (exact) mass is 352 g/mol. The van der Waals surface area contributed by atoms with E-state index in [1.807, 2.05) is 0 Å². The smallest absolute Gasteiger partial charge is 0.148 e. The van der Waals surface area contributed by atoms with E-state index in [1.165, 1.54) is 18.9 Å². The highest BCUT2D eigenvalue weighted by Gasteiger charge is 2.33. The molecule has 1 aliphatic carbocycles. The lowest BCUT2D eigenvalue weighted by Crippen LogP contribution is -2.45. The summed E-state index contributed by atoms with van der Waals surface area (Å²) in [7, 11) is 0. The van der Waals surface area contributed by atoms with Gasteiger partial charge in [-0.05, 0) is 24.5 Å². The van der Waals surface area contributed by atoms with Crippen LogP contribution in [0.5, 0.6) is 0 Å². The summed E-state index contributed by atoms with van der Waals surface area (Å²) in [6.45, 7) is 3.75. The molecule has 2 fully saturated rings. The molecule has 3 rings (SSSR count). The Morgan fingerprint density at radius 2 is 1.81 bits per heavy atom. The average molecular weight is 354 g/mol. The highest BCUT2D eigenvalue weighted by Crippen LogP contribution is 2.43. The van der Waals surface area contributed by atoms with Gasteiger partial charge in [0.05, 0.1) is 5.02 Å². The molecule has 2 nitrogen and oxygen atoms in total. The van der Waals surface area contributed by atoms with E-state index < -0.39 is 0 Å². The van der Waals surface area contributed by atoms with Crippen molar-refractivity contribution < 1.29 is 4.39 Å². The number of nitrogens with one attached hydrogen (secondary N) is 1. The third kappa shape index (κ3) is 4.02. The number of hydrogen-bond donors (Lipinski definition) is 1. The molecule has 2 aliphatic rings. The maximum atomic E-state index is 14.5. The lowest BCUT2D eigenvalue weighted by Gasteiger charge is -2.36.